The minimum Gasteiger partial charge on any atom is -0.352 e. The van der Waals surface area contributed by atoms with Crippen molar-refractivity contribution in [1.29, 1.82) is 0 Å². The number of aryl methyl sites for hydroxylation is 2. The van der Waals surface area contributed by atoms with Crippen LogP contribution in [0.2, 0.25) is 0 Å². The van der Waals surface area contributed by atoms with Crippen LogP contribution >= 0.6 is 15.9 Å². The Morgan fingerprint density at radius 3 is 2.60 bits per heavy atom. The largest absolute Gasteiger partial charge is 0.352 e. The van der Waals surface area contributed by atoms with Crippen LogP contribution in [0, 0.1) is 13.8 Å². The molecule has 0 spiro atoms. The van der Waals surface area contributed by atoms with E-state index in [-0.39, 0.29) is 5.91 Å². The number of hydrogen-bond donors (Lipinski definition) is 1. The summed E-state index contributed by atoms with van der Waals surface area (Å²) in [7, 11) is 0. The van der Waals surface area contributed by atoms with E-state index in [1.165, 1.54) is 11.1 Å². The molecule has 1 amide bonds. The van der Waals surface area contributed by atoms with Gasteiger partial charge in [-0.05, 0) is 53.9 Å². The van der Waals surface area contributed by atoms with Gasteiger partial charge in [-0.15, -0.1) is 0 Å². The highest BCUT2D eigenvalue weighted by Crippen LogP contribution is 2.17. The van der Waals surface area contributed by atoms with Crippen molar-refractivity contribution in [2.24, 2.45) is 0 Å². The van der Waals surface area contributed by atoms with Gasteiger partial charge in [0.15, 0.2) is 0 Å². The van der Waals surface area contributed by atoms with Crippen molar-refractivity contribution in [3.05, 3.63) is 69.2 Å². The second-order valence-corrected chi connectivity index (χ2v) is 5.83. The van der Waals surface area contributed by atoms with Crippen LogP contribution in [0.1, 0.15) is 27.0 Å². The van der Waals surface area contributed by atoms with Crippen molar-refractivity contribution >= 4 is 21.8 Å². The third-order valence-corrected chi connectivity index (χ3v) is 3.84. The third-order valence-electron chi connectivity index (χ3n) is 3.15. The highest BCUT2D eigenvalue weighted by atomic mass is 79.9. The van der Waals surface area contributed by atoms with E-state index in [1.54, 1.807) is 0 Å². The minimum absolute atomic E-state index is 0.0340. The van der Waals surface area contributed by atoms with Gasteiger partial charge >= 0.3 is 0 Å². The van der Waals surface area contributed by atoms with Gasteiger partial charge in [0.2, 0.25) is 0 Å². The zero-order chi connectivity index (χ0) is 14.5. The van der Waals surface area contributed by atoms with Gasteiger partial charge in [-0.2, -0.15) is 0 Å². The molecular weight excluding hydrogens is 314 g/mol. The van der Waals surface area contributed by atoms with Gasteiger partial charge in [0.25, 0.3) is 5.91 Å². The summed E-state index contributed by atoms with van der Waals surface area (Å²) in [6.07, 6.45) is 0.844. The molecule has 0 aliphatic heterocycles. The minimum atomic E-state index is -0.0340. The molecule has 1 N–H and O–H groups in total. The van der Waals surface area contributed by atoms with E-state index in [1.807, 2.05) is 31.2 Å². The molecule has 2 nitrogen and oxygen atoms in total. The topological polar surface area (TPSA) is 29.1 Å². The molecule has 0 fully saturated rings. The van der Waals surface area contributed by atoms with E-state index in [0.29, 0.717) is 12.1 Å². The number of hydrogen-bond acceptors (Lipinski definition) is 1. The molecule has 0 saturated carbocycles. The van der Waals surface area contributed by atoms with Gasteiger partial charge in [-0.3, -0.25) is 4.79 Å². The fourth-order valence-electron chi connectivity index (χ4n) is 2.10. The average Bonchev–Trinajstić information content (AvgIpc) is 2.41. The number of amides is 1. The molecule has 2 aromatic carbocycles. The molecule has 0 heterocycles. The molecule has 0 atom stereocenters. The van der Waals surface area contributed by atoms with Gasteiger partial charge in [0.05, 0.1) is 5.56 Å². The molecule has 0 radical (unpaired) electrons. The van der Waals surface area contributed by atoms with Gasteiger partial charge in [0, 0.05) is 11.0 Å². The van der Waals surface area contributed by atoms with Gasteiger partial charge in [-0.25, -0.2) is 0 Å². The summed E-state index contributed by atoms with van der Waals surface area (Å²) >= 11 is 3.42. The Morgan fingerprint density at radius 1 is 1.10 bits per heavy atom. The number of nitrogens with one attached hydrogen (secondary N) is 1. The summed E-state index contributed by atoms with van der Waals surface area (Å²) in [5, 5.41) is 2.97. The molecule has 0 bridgehead atoms. The van der Waals surface area contributed by atoms with Crippen molar-refractivity contribution in [3.63, 3.8) is 0 Å². The standard InChI is InChI=1S/C17H18BrNO/c1-12-4-3-5-14(10-12)8-9-19-17(20)15-11-13(2)6-7-16(15)18/h3-7,10-11H,8-9H2,1-2H3,(H,19,20). The predicted molar refractivity (Wildman–Crippen MR) is 86.1 cm³/mol. The monoisotopic (exact) mass is 331 g/mol. The summed E-state index contributed by atoms with van der Waals surface area (Å²) < 4.78 is 0.830. The van der Waals surface area contributed by atoms with Crippen LogP contribution in [-0.4, -0.2) is 12.5 Å². The van der Waals surface area contributed by atoms with Crippen molar-refractivity contribution < 1.29 is 4.79 Å². The smallest absolute Gasteiger partial charge is 0.252 e. The molecule has 0 unspecified atom stereocenters. The average molecular weight is 332 g/mol. The number of carbonyl (C=O) groups is 1. The lowest BCUT2D eigenvalue weighted by atomic mass is 10.1. The molecule has 3 heteroatoms. The van der Waals surface area contributed by atoms with E-state index in [0.717, 1.165) is 16.5 Å². The summed E-state index contributed by atoms with van der Waals surface area (Å²) in [5.41, 5.74) is 4.26. The SMILES string of the molecule is Cc1cccc(CCNC(=O)c2cc(C)ccc2Br)c1. The number of halogens is 1. The second kappa shape index (κ2) is 6.71. The van der Waals surface area contributed by atoms with E-state index >= 15 is 0 Å². The van der Waals surface area contributed by atoms with Crippen LogP contribution < -0.4 is 5.32 Å². The maximum absolute atomic E-state index is 12.1. The zero-order valence-corrected chi connectivity index (χ0v) is 13.3. The molecule has 104 valence electrons. The highest BCUT2D eigenvalue weighted by molar-refractivity contribution is 9.10. The lowest BCUT2D eigenvalue weighted by Crippen LogP contribution is -2.26. The van der Waals surface area contributed by atoms with Gasteiger partial charge in [-0.1, -0.05) is 41.5 Å². The third kappa shape index (κ3) is 3.94. The van der Waals surface area contributed by atoms with Crippen LogP contribution in [0.25, 0.3) is 0 Å². The van der Waals surface area contributed by atoms with E-state index < -0.39 is 0 Å². The first-order chi connectivity index (χ1) is 9.56. The molecule has 0 saturated heterocycles. The highest BCUT2D eigenvalue weighted by Gasteiger charge is 2.09. The Balaban J connectivity index is 1.94. The van der Waals surface area contributed by atoms with Gasteiger partial charge < -0.3 is 5.32 Å². The van der Waals surface area contributed by atoms with Crippen molar-refractivity contribution in [3.8, 4) is 0 Å². The van der Waals surface area contributed by atoms with Crippen molar-refractivity contribution in [2.45, 2.75) is 20.3 Å². The lowest BCUT2D eigenvalue weighted by molar-refractivity contribution is 0.0953. The first kappa shape index (κ1) is 14.8. The summed E-state index contributed by atoms with van der Waals surface area (Å²) in [6, 6.07) is 14.1. The quantitative estimate of drug-likeness (QED) is 0.900. The number of benzene rings is 2. The molecule has 20 heavy (non-hydrogen) atoms. The maximum atomic E-state index is 12.1. The number of rotatable bonds is 4. The maximum Gasteiger partial charge on any atom is 0.252 e. The van der Waals surface area contributed by atoms with Crippen LogP contribution in [0.15, 0.2) is 46.9 Å². The Kier molecular flexibility index (Phi) is 4.96. The second-order valence-electron chi connectivity index (χ2n) is 4.98. The summed E-state index contributed by atoms with van der Waals surface area (Å²) in [4.78, 5) is 12.1. The summed E-state index contributed by atoms with van der Waals surface area (Å²) in [5.74, 6) is -0.0340. The Hall–Kier alpha value is -1.61. The van der Waals surface area contributed by atoms with Crippen molar-refractivity contribution in [2.75, 3.05) is 6.54 Å². The Labute approximate surface area is 128 Å². The van der Waals surface area contributed by atoms with E-state index in [2.05, 4.69) is 46.4 Å². The molecule has 0 aliphatic carbocycles. The fraction of sp³-hybridized carbons (Fsp3) is 0.235. The van der Waals surface area contributed by atoms with Crippen LogP contribution in [0.5, 0.6) is 0 Å². The van der Waals surface area contributed by atoms with Gasteiger partial charge in [0.1, 0.15) is 0 Å². The first-order valence-electron chi connectivity index (χ1n) is 6.66. The molecular formula is C17H18BrNO. The predicted octanol–water partition coefficient (Wildman–Crippen LogP) is 4.04. The molecule has 2 aromatic rings. The van der Waals surface area contributed by atoms with E-state index in [4.69, 9.17) is 0 Å². The Morgan fingerprint density at radius 2 is 1.85 bits per heavy atom. The lowest BCUT2D eigenvalue weighted by Gasteiger charge is -2.08. The van der Waals surface area contributed by atoms with Crippen LogP contribution in [0.3, 0.4) is 0 Å². The normalized spacial score (nSPS) is 10.3. The van der Waals surface area contributed by atoms with Crippen LogP contribution in [-0.2, 0) is 6.42 Å². The summed E-state index contributed by atoms with van der Waals surface area (Å²) in [6.45, 7) is 4.70. The molecule has 0 aliphatic rings. The molecule has 0 aromatic heterocycles. The van der Waals surface area contributed by atoms with E-state index in [9.17, 15) is 4.79 Å². The Bertz CT molecular complexity index is 622. The molecule has 2 rings (SSSR count). The zero-order valence-electron chi connectivity index (χ0n) is 11.7. The van der Waals surface area contributed by atoms with Crippen LogP contribution in [0.4, 0.5) is 0 Å². The van der Waals surface area contributed by atoms with Crippen molar-refractivity contribution in [1.82, 2.24) is 5.32 Å². The fourth-order valence-corrected chi connectivity index (χ4v) is 2.52. The first-order valence-corrected chi connectivity index (χ1v) is 7.45. The number of carbonyl (C=O) groups excluding carboxylic acids is 1.